The SMILES string of the molecule is O=C(c1cc2ccccc2[nH]1)N(CC(F)(F)F)C1CCC[C@@H](NCc2cccc(F)c2)C1. The van der Waals surface area contributed by atoms with Crippen LogP contribution in [-0.2, 0) is 6.54 Å². The van der Waals surface area contributed by atoms with Crippen LogP contribution in [0.25, 0.3) is 10.9 Å². The molecular weight excluding hydrogens is 422 g/mol. The first-order valence-electron chi connectivity index (χ1n) is 10.7. The van der Waals surface area contributed by atoms with E-state index in [9.17, 15) is 22.4 Å². The zero-order valence-electron chi connectivity index (χ0n) is 17.5. The van der Waals surface area contributed by atoms with Crippen LogP contribution in [-0.4, -0.2) is 40.6 Å². The zero-order valence-corrected chi connectivity index (χ0v) is 17.5. The summed E-state index contributed by atoms with van der Waals surface area (Å²) in [5.74, 6) is -0.972. The summed E-state index contributed by atoms with van der Waals surface area (Å²) in [4.78, 5) is 17.1. The molecule has 1 aliphatic rings. The van der Waals surface area contributed by atoms with E-state index in [2.05, 4.69) is 10.3 Å². The molecule has 2 aromatic carbocycles. The van der Waals surface area contributed by atoms with Gasteiger partial charge in [0.15, 0.2) is 0 Å². The van der Waals surface area contributed by atoms with E-state index in [0.717, 1.165) is 22.3 Å². The van der Waals surface area contributed by atoms with Crippen molar-refractivity contribution in [3.05, 3.63) is 71.7 Å². The molecule has 1 aromatic heterocycles. The summed E-state index contributed by atoms with van der Waals surface area (Å²) >= 11 is 0. The second-order valence-corrected chi connectivity index (χ2v) is 8.35. The molecule has 1 amide bonds. The lowest BCUT2D eigenvalue weighted by Crippen LogP contribution is -2.50. The van der Waals surface area contributed by atoms with Crippen LogP contribution in [0.15, 0.2) is 54.6 Å². The van der Waals surface area contributed by atoms with Crippen molar-refractivity contribution in [2.75, 3.05) is 6.54 Å². The summed E-state index contributed by atoms with van der Waals surface area (Å²) in [6.45, 7) is -0.868. The molecule has 1 saturated carbocycles. The topological polar surface area (TPSA) is 48.1 Å². The Balaban J connectivity index is 1.49. The summed E-state index contributed by atoms with van der Waals surface area (Å²) in [5.41, 5.74) is 1.64. The summed E-state index contributed by atoms with van der Waals surface area (Å²) in [6.07, 6.45) is -2.06. The molecule has 0 spiro atoms. The Morgan fingerprint density at radius 1 is 1.09 bits per heavy atom. The van der Waals surface area contributed by atoms with Crippen molar-refractivity contribution in [2.45, 2.75) is 50.5 Å². The molecular formula is C24H25F4N3O. The average molecular weight is 447 g/mol. The molecule has 0 saturated heterocycles. The molecule has 4 nitrogen and oxygen atoms in total. The summed E-state index contributed by atoms with van der Waals surface area (Å²) < 4.78 is 53.6. The van der Waals surface area contributed by atoms with E-state index in [1.807, 2.05) is 12.1 Å². The summed E-state index contributed by atoms with van der Waals surface area (Å²) in [5, 5.41) is 4.10. The van der Waals surface area contributed by atoms with Gasteiger partial charge in [0.25, 0.3) is 5.91 Å². The highest BCUT2D eigenvalue weighted by Gasteiger charge is 2.39. The molecule has 1 aliphatic carbocycles. The van der Waals surface area contributed by atoms with E-state index in [1.165, 1.54) is 12.1 Å². The van der Waals surface area contributed by atoms with Gasteiger partial charge in [-0.25, -0.2) is 4.39 Å². The predicted molar refractivity (Wildman–Crippen MR) is 115 cm³/mol. The molecule has 2 atom stereocenters. The normalized spacial score (nSPS) is 19.2. The van der Waals surface area contributed by atoms with Gasteiger partial charge in [0.2, 0.25) is 0 Å². The lowest BCUT2D eigenvalue weighted by molar-refractivity contribution is -0.146. The number of amides is 1. The Kier molecular flexibility index (Phi) is 6.50. The van der Waals surface area contributed by atoms with Crippen LogP contribution in [0.1, 0.15) is 41.7 Å². The van der Waals surface area contributed by atoms with Gasteiger partial charge >= 0.3 is 6.18 Å². The lowest BCUT2D eigenvalue weighted by atomic mass is 9.89. The van der Waals surface area contributed by atoms with Crippen molar-refractivity contribution in [3.63, 3.8) is 0 Å². The van der Waals surface area contributed by atoms with Crippen molar-refractivity contribution in [2.24, 2.45) is 0 Å². The molecule has 8 heteroatoms. The summed E-state index contributed by atoms with van der Waals surface area (Å²) in [6, 6.07) is 14.4. The fourth-order valence-corrected chi connectivity index (χ4v) is 4.44. The molecule has 0 radical (unpaired) electrons. The highest BCUT2D eigenvalue weighted by Crippen LogP contribution is 2.29. The number of benzene rings is 2. The first kappa shape index (κ1) is 22.3. The molecule has 2 N–H and O–H groups in total. The number of hydrogen-bond acceptors (Lipinski definition) is 2. The lowest BCUT2D eigenvalue weighted by Gasteiger charge is -2.38. The highest BCUT2D eigenvalue weighted by molar-refractivity contribution is 5.98. The van der Waals surface area contributed by atoms with Crippen LogP contribution in [0.5, 0.6) is 0 Å². The Bertz CT molecular complexity index is 1050. The second kappa shape index (κ2) is 9.32. The zero-order chi connectivity index (χ0) is 22.7. The molecule has 0 aliphatic heterocycles. The van der Waals surface area contributed by atoms with Gasteiger partial charge in [-0.1, -0.05) is 30.3 Å². The number of carbonyl (C=O) groups is 1. The van der Waals surface area contributed by atoms with E-state index >= 15 is 0 Å². The maximum Gasteiger partial charge on any atom is 0.406 e. The number of fused-ring (bicyclic) bond motifs is 1. The largest absolute Gasteiger partial charge is 0.406 e. The van der Waals surface area contributed by atoms with Gasteiger partial charge in [-0.3, -0.25) is 4.79 Å². The minimum absolute atomic E-state index is 0.0525. The van der Waals surface area contributed by atoms with Gasteiger partial charge in [0.05, 0.1) is 0 Å². The number of rotatable bonds is 6. The summed E-state index contributed by atoms with van der Waals surface area (Å²) in [7, 11) is 0. The van der Waals surface area contributed by atoms with Crippen molar-refractivity contribution < 1.29 is 22.4 Å². The van der Waals surface area contributed by atoms with E-state index < -0.39 is 24.7 Å². The number of nitrogens with zero attached hydrogens (tertiary/aromatic N) is 1. The second-order valence-electron chi connectivity index (χ2n) is 8.35. The maximum atomic E-state index is 13.4. The number of nitrogens with one attached hydrogen (secondary N) is 2. The van der Waals surface area contributed by atoms with Crippen molar-refractivity contribution in [1.29, 1.82) is 0 Å². The maximum absolute atomic E-state index is 13.4. The Morgan fingerprint density at radius 2 is 1.91 bits per heavy atom. The quantitative estimate of drug-likeness (QED) is 0.496. The fourth-order valence-electron chi connectivity index (χ4n) is 4.44. The number of alkyl halides is 3. The third kappa shape index (κ3) is 5.48. The fraction of sp³-hybridized carbons (Fsp3) is 0.375. The smallest absolute Gasteiger partial charge is 0.351 e. The standard InChI is InChI=1S/C24H25F4N3O/c25-18-7-3-5-16(11-18)14-29-19-8-4-9-20(13-19)31(15-24(26,27)28)23(32)22-12-17-6-1-2-10-21(17)30-22/h1-3,5-7,10-12,19-20,29-30H,4,8-9,13-15H2/t19-,20?/m1/s1. The van der Waals surface area contributed by atoms with E-state index in [0.29, 0.717) is 31.3 Å². The monoisotopic (exact) mass is 447 g/mol. The molecule has 0 bridgehead atoms. The molecule has 1 fully saturated rings. The van der Waals surface area contributed by atoms with Crippen molar-refractivity contribution >= 4 is 16.8 Å². The van der Waals surface area contributed by atoms with Gasteiger partial charge in [0, 0.05) is 29.5 Å². The predicted octanol–water partition coefficient (Wildman–Crippen LogP) is 5.41. The number of aromatic amines is 1. The van der Waals surface area contributed by atoms with Gasteiger partial charge in [-0.05, 0) is 55.5 Å². The number of para-hydroxylation sites is 1. The Morgan fingerprint density at radius 3 is 2.66 bits per heavy atom. The van der Waals surface area contributed by atoms with Gasteiger partial charge < -0.3 is 15.2 Å². The molecule has 32 heavy (non-hydrogen) atoms. The number of H-pyrrole nitrogens is 1. The van der Waals surface area contributed by atoms with Crippen LogP contribution in [0.2, 0.25) is 0 Å². The number of halogens is 4. The van der Waals surface area contributed by atoms with E-state index in [-0.39, 0.29) is 17.6 Å². The Hall–Kier alpha value is -2.87. The van der Waals surface area contributed by atoms with E-state index in [4.69, 9.17) is 0 Å². The number of carbonyl (C=O) groups excluding carboxylic acids is 1. The molecule has 4 rings (SSSR count). The van der Waals surface area contributed by atoms with Crippen LogP contribution in [0, 0.1) is 5.82 Å². The highest BCUT2D eigenvalue weighted by atomic mass is 19.4. The van der Waals surface area contributed by atoms with Crippen LogP contribution in [0.4, 0.5) is 17.6 Å². The van der Waals surface area contributed by atoms with Gasteiger partial charge in [-0.2, -0.15) is 13.2 Å². The number of hydrogen-bond donors (Lipinski definition) is 2. The molecule has 170 valence electrons. The van der Waals surface area contributed by atoms with E-state index in [1.54, 1.807) is 30.3 Å². The van der Waals surface area contributed by atoms with Crippen LogP contribution < -0.4 is 5.32 Å². The average Bonchev–Trinajstić information content (AvgIpc) is 3.20. The first-order chi connectivity index (χ1) is 15.3. The molecule has 1 unspecified atom stereocenters. The minimum Gasteiger partial charge on any atom is -0.351 e. The number of aromatic nitrogens is 1. The third-order valence-electron chi connectivity index (χ3n) is 5.94. The first-order valence-corrected chi connectivity index (χ1v) is 10.7. The van der Waals surface area contributed by atoms with Crippen LogP contribution >= 0.6 is 0 Å². The third-order valence-corrected chi connectivity index (χ3v) is 5.94. The van der Waals surface area contributed by atoms with Crippen molar-refractivity contribution in [3.8, 4) is 0 Å². The Labute approximate surface area is 183 Å². The molecule has 1 heterocycles. The molecule has 3 aromatic rings. The van der Waals surface area contributed by atoms with Gasteiger partial charge in [-0.15, -0.1) is 0 Å². The van der Waals surface area contributed by atoms with Crippen LogP contribution in [0.3, 0.4) is 0 Å². The van der Waals surface area contributed by atoms with Crippen molar-refractivity contribution in [1.82, 2.24) is 15.2 Å². The minimum atomic E-state index is -4.50. The van der Waals surface area contributed by atoms with Gasteiger partial charge in [0.1, 0.15) is 18.1 Å².